The van der Waals surface area contributed by atoms with Crippen molar-refractivity contribution >= 4 is 5.69 Å². The van der Waals surface area contributed by atoms with Crippen LogP contribution in [0.2, 0.25) is 0 Å². The number of aliphatic hydroxyl groups excluding tert-OH is 1. The fraction of sp³-hybridized carbons (Fsp3) is 0.571. The van der Waals surface area contributed by atoms with Crippen LogP contribution in [0.4, 0.5) is 5.69 Å². The zero-order chi connectivity index (χ0) is 14.0. The molecule has 0 aliphatic heterocycles. The standard InChI is InChI=1S/C14H19NO4/c1-9-7-10(2)14(8-11(9)15(17)18)19-13-6-4-3-5-12(13)16/h7-8,12-13,16H,3-6H2,1-2H3. The van der Waals surface area contributed by atoms with E-state index in [-0.39, 0.29) is 11.8 Å². The number of rotatable bonds is 3. The summed E-state index contributed by atoms with van der Waals surface area (Å²) in [5.41, 5.74) is 1.55. The molecule has 5 heteroatoms. The van der Waals surface area contributed by atoms with Gasteiger partial charge in [0.2, 0.25) is 0 Å². The van der Waals surface area contributed by atoms with Crippen LogP contribution < -0.4 is 4.74 Å². The van der Waals surface area contributed by atoms with Crippen molar-refractivity contribution in [1.82, 2.24) is 0 Å². The van der Waals surface area contributed by atoms with Crippen LogP contribution in [0.5, 0.6) is 5.75 Å². The van der Waals surface area contributed by atoms with Crippen LogP contribution in [0.15, 0.2) is 12.1 Å². The molecule has 2 rings (SSSR count). The number of nitro benzene ring substituents is 1. The van der Waals surface area contributed by atoms with Crippen molar-refractivity contribution in [3.05, 3.63) is 33.4 Å². The van der Waals surface area contributed by atoms with Crippen LogP contribution >= 0.6 is 0 Å². The first-order valence-corrected chi connectivity index (χ1v) is 6.59. The van der Waals surface area contributed by atoms with Crippen LogP contribution in [-0.4, -0.2) is 22.2 Å². The van der Waals surface area contributed by atoms with E-state index in [9.17, 15) is 15.2 Å². The number of ether oxygens (including phenoxy) is 1. The lowest BCUT2D eigenvalue weighted by Gasteiger charge is -2.28. The first kappa shape index (κ1) is 13.8. The third kappa shape index (κ3) is 3.04. The highest BCUT2D eigenvalue weighted by molar-refractivity contribution is 5.49. The molecule has 0 saturated heterocycles. The Morgan fingerprint density at radius 1 is 1.26 bits per heavy atom. The minimum absolute atomic E-state index is 0.0610. The molecule has 0 radical (unpaired) electrons. The number of benzene rings is 1. The summed E-state index contributed by atoms with van der Waals surface area (Å²) in [6.07, 6.45) is 2.83. The highest BCUT2D eigenvalue weighted by Crippen LogP contribution is 2.31. The predicted octanol–water partition coefficient (Wildman–Crippen LogP) is 2.89. The van der Waals surface area contributed by atoms with Crippen molar-refractivity contribution in [3.63, 3.8) is 0 Å². The number of aryl methyl sites for hydroxylation is 2. The SMILES string of the molecule is Cc1cc(C)c([N+](=O)[O-])cc1OC1CCCCC1O. The number of hydrogen-bond acceptors (Lipinski definition) is 4. The first-order chi connectivity index (χ1) is 8.99. The van der Waals surface area contributed by atoms with Gasteiger partial charge in [-0.15, -0.1) is 0 Å². The zero-order valence-corrected chi connectivity index (χ0v) is 11.3. The summed E-state index contributed by atoms with van der Waals surface area (Å²) in [4.78, 5) is 10.5. The van der Waals surface area contributed by atoms with Crippen molar-refractivity contribution in [2.45, 2.75) is 51.7 Å². The van der Waals surface area contributed by atoms with E-state index in [4.69, 9.17) is 4.74 Å². The second-order valence-corrected chi connectivity index (χ2v) is 5.17. The summed E-state index contributed by atoms with van der Waals surface area (Å²) >= 11 is 0. The Balaban J connectivity index is 2.24. The van der Waals surface area contributed by atoms with Gasteiger partial charge in [-0.05, 0) is 44.7 Å². The van der Waals surface area contributed by atoms with Gasteiger partial charge in [-0.25, -0.2) is 0 Å². The van der Waals surface area contributed by atoms with Gasteiger partial charge in [0.25, 0.3) is 5.69 Å². The van der Waals surface area contributed by atoms with Gasteiger partial charge in [0.05, 0.1) is 17.1 Å². The molecular formula is C14H19NO4. The molecule has 1 aromatic carbocycles. The minimum Gasteiger partial charge on any atom is -0.487 e. The van der Waals surface area contributed by atoms with Crippen molar-refractivity contribution in [2.75, 3.05) is 0 Å². The molecule has 5 nitrogen and oxygen atoms in total. The summed E-state index contributed by atoms with van der Waals surface area (Å²) in [7, 11) is 0. The quantitative estimate of drug-likeness (QED) is 0.673. The predicted molar refractivity (Wildman–Crippen MR) is 71.5 cm³/mol. The molecule has 0 aromatic heterocycles. The fourth-order valence-electron chi connectivity index (χ4n) is 2.52. The number of aliphatic hydroxyl groups is 1. The summed E-state index contributed by atoms with van der Waals surface area (Å²) in [6, 6.07) is 3.22. The molecule has 1 aromatic rings. The maximum atomic E-state index is 10.9. The lowest BCUT2D eigenvalue weighted by atomic mass is 9.94. The van der Waals surface area contributed by atoms with Crippen LogP contribution in [0.25, 0.3) is 0 Å². The molecule has 2 atom stereocenters. The molecule has 0 spiro atoms. The lowest BCUT2D eigenvalue weighted by Crippen LogP contribution is -2.34. The van der Waals surface area contributed by atoms with E-state index < -0.39 is 11.0 Å². The van der Waals surface area contributed by atoms with E-state index in [1.165, 1.54) is 6.07 Å². The van der Waals surface area contributed by atoms with Gasteiger partial charge >= 0.3 is 0 Å². The highest BCUT2D eigenvalue weighted by Gasteiger charge is 2.26. The van der Waals surface area contributed by atoms with Crippen molar-refractivity contribution in [1.29, 1.82) is 0 Å². The largest absolute Gasteiger partial charge is 0.487 e. The van der Waals surface area contributed by atoms with Crippen LogP contribution in [0.3, 0.4) is 0 Å². The van der Waals surface area contributed by atoms with Gasteiger partial charge in [0, 0.05) is 5.56 Å². The third-order valence-electron chi connectivity index (χ3n) is 3.64. The van der Waals surface area contributed by atoms with E-state index in [1.54, 1.807) is 13.0 Å². The summed E-state index contributed by atoms with van der Waals surface area (Å²) in [5.74, 6) is 0.503. The molecule has 19 heavy (non-hydrogen) atoms. The summed E-state index contributed by atoms with van der Waals surface area (Å²) in [6.45, 7) is 3.58. The monoisotopic (exact) mass is 265 g/mol. The Bertz CT molecular complexity index is 487. The number of nitrogens with zero attached hydrogens (tertiary/aromatic N) is 1. The van der Waals surface area contributed by atoms with Crippen LogP contribution in [0.1, 0.15) is 36.8 Å². The van der Waals surface area contributed by atoms with Crippen molar-refractivity contribution in [2.24, 2.45) is 0 Å². The molecular weight excluding hydrogens is 246 g/mol. The van der Waals surface area contributed by atoms with Gasteiger partial charge in [0.15, 0.2) is 0 Å². The summed E-state index contributed by atoms with van der Waals surface area (Å²) < 4.78 is 5.79. The van der Waals surface area contributed by atoms with Crippen molar-refractivity contribution in [3.8, 4) is 5.75 Å². The van der Waals surface area contributed by atoms with Gasteiger partial charge in [0.1, 0.15) is 11.9 Å². The van der Waals surface area contributed by atoms with Crippen molar-refractivity contribution < 1.29 is 14.8 Å². The maximum Gasteiger partial charge on any atom is 0.276 e. The Labute approximate surface area is 112 Å². The maximum absolute atomic E-state index is 10.9. The van der Waals surface area contributed by atoms with E-state index in [2.05, 4.69) is 0 Å². The highest BCUT2D eigenvalue weighted by atomic mass is 16.6. The summed E-state index contributed by atoms with van der Waals surface area (Å²) in [5, 5.41) is 20.8. The first-order valence-electron chi connectivity index (χ1n) is 6.59. The van der Waals surface area contributed by atoms with E-state index in [0.29, 0.717) is 11.3 Å². The van der Waals surface area contributed by atoms with E-state index in [1.807, 2.05) is 6.92 Å². The average Bonchev–Trinajstić information content (AvgIpc) is 2.34. The van der Waals surface area contributed by atoms with E-state index >= 15 is 0 Å². The Morgan fingerprint density at radius 2 is 1.95 bits per heavy atom. The van der Waals surface area contributed by atoms with Gasteiger partial charge < -0.3 is 9.84 Å². The molecule has 1 N–H and O–H groups in total. The number of nitro groups is 1. The topological polar surface area (TPSA) is 72.6 Å². The molecule has 0 amide bonds. The molecule has 0 heterocycles. The average molecular weight is 265 g/mol. The van der Waals surface area contributed by atoms with Crippen LogP contribution in [0, 0.1) is 24.0 Å². The molecule has 0 bridgehead atoms. The third-order valence-corrected chi connectivity index (χ3v) is 3.64. The number of hydrogen-bond donors (Lipinski definition) is 1. The second kappa shape index (κ2) is 5.57. The fourth-order valence-corrected chi connectivity index (χ4v) is 2.52. The Kier molecular flexibility index (Phi) is 4.04. The Hall–Kier alpha value is -1.62. The molecule has 1 aliphatic carbocycles. The smallest absolute Gasteiger partial charge is 0.276 e. The van der Waals surface area contributed by atoms with Gasteiger partial charge in [-0.1, -0.05) is 6.42 Å². The Morgan fingerprint density at radius 3 is 2.58 bits per heavy atom. The molecule has 2 unspecified atom stereocenters. The molecule has 104 valence electrons. The van der Waals surface area contributed by atoms with E-state index in [0.717, 1.165) is 31.2 Å². The minimum atomic E-state index is -0.478. The normalized spacial score (nSPS) is 23.1. The van der Waals surface area contributed by atoms with Gasteiger partial charge in [-0.3, -0.25) is 10.1 Å². The molecule has 1 fully saturated rings. The lowest BCUT2D eigenvalue weighted by molar-refractivity contribution is -0.385. The second-order valence-electron chi connectivity index (χ2n) is 5.17. The van der Waals surface area contributed by atoms with Gasteiger partial charge in [-0.2, -0.15) is 0 Å². The van der Waals surface area contributed by atoms with Crippen LogP contribution in [-0.2, 0) is 0 Å². The zero-order valence-electron chi connectivity index (χ0n) is 11.3. The molecule has 1 aliphatic rings. The molecule has 1 saturated carbocycles.